The summed E-state index contributed by atoms with van der Waals surface area (Å²) in [6.45, 7) is 3.02. The van der Waals surface area contributed by atoms with Gasteiger partial charge in [-0.1, -0.05) is 30.3 Å². The van der Waals surface area contributed by atoms with Gasteiger partial charge in [0.15, 0.2) is 0 Å². The predicted octanol–water partition coefficient (Wildman–Crippen LogP) is 4.40. The maximum atomic E-state index is 13.2. The molecule has 0 saturated carbocycles. The molecule has 1 aliphatic heterocycles. The average molecular weight is 387 g/mol. The summed E-state index contributed by atoms with van der Waals surface area (Å²) in [5.74, 6) is 0.920. The first-order valence-corrected chi connectivity index (χ1v) is 9.84. The fraction of sp³-hybridized carbons (Fsp3) is 0.208. The third kappa shape index (κ3) is 4.35. The molecule has 0 bridgehead atoms. The summed E-state index contributed by atoms with van der Waals surface area (Å²) in [6.07, 6.45) is 0. The number of benzene rings is 3. The normalized spacial score (nSPS) is 13.8. The molecular weight excluding hydrogens is 362 g/mol. The van der Waals surface area contributed by atoms with Crippen molar-refractivity contribution in [1.82, 2.24) is 4.90 Å². The van der Waals surface area contributed by atoms with E-state index < -0.39 is 0 Å². The van der Waals surface area contributed by atoms with Crippen LogP contribution in [0, 0.1) is 0 Å². The van der Waals surface area contributed by atoms with Gasteiger partial charge in [0.25, 0.3) is 5.91 Å². The number of para-hydroxylation sites is 2. The molecule has 0 aliphatic carbocycles. The van der Waals surface area contributed by atoms with Crippen molar-refractivity contribution in [1.29, 1.82) is 0 Å². The molecule has 1 heterocycles. The lowest BCUT2D eigenvalue weighted by atomic mass is 10.1. The molecule has 1 saturated heterocycles. The van der Waals surface area contributed by atoms with Crippen molar-refractivity contribution in [3.63, 3.8) is 0 Å². The first kappa shape index (κ1) is 18.9. The molecule has 3 aromatic rings. The topological polar surface area (TPSA) is 44.8 Å². The Balaban J connectivity index is 1.43. The number of carbonyl (C=O) groups excluding carboxylic acids is 1. The molecule has 148 valence electrons. The largest absolute Gasteiger partial charge is 0.497 e. The van der Waals surface area contributed by atoms with Gasteiger partial charge in [-0.2, -0.15) is 0 Å². The van der Waals surface area contributed by atoms with Gasteiger partial charge < -0.3 is 19.9 Å². The second-order valence-electron chi connectivity index (χ2n) is 7.01. The smallest absolute Gasteiger partial charge is 0.256 e. The van der Waals surface area contributed by atoms with Crippen LogP contribution >= 0.6 is 0 Å². The third-order valence-corrected chi connectivity index (χ3v) is 5.21. The van der Waals surface area contributed by atoms with Gasteiger partial charge in [0, 0.05) is 37.6 Å². The number of hydrogen-bond donors (Lipinski definition) is 1. The van der Waals surface area contributed by atoms with Crippen LogP contribution in [0.4, 0.5) is 17.1 Å². The molecule has 0 radical (unpaired) electrons. The predicted molar refractivity (Wildman–Crippen MR) is 117 cm³/mol. The summed E-state index contributed by atoms with van der Waals surface area (Å²) in [6, 6.07) is 25.7. The maximum Gasteiger partial charge on any atom is 0.256 e. The van der Waals surface area contributed by atoms with Gasteiger partial charge in [-0.25, -0.2) is 0 Å². The fourth-order valence-electron chi connectivity index (χ4n) is 3.59. The number of piperazine rings is 1. The van der Waals surface area contributed by atoms with Crippen LogP contribution in [0.25, 0.3) is 0 Å². The minimum atomic E-state index is 0.0680. The lowest BCUT2D eigenvalue weighted by Crippen LogP contribution is -2.48. The van der Waals surface area contributed by atoms with E-state index in [9.17, 15) is 4.79 Å². The highest BCUT2D eigenvalue weighted by atomic mass is 16.5. The average Bonchev–Trinajstić information content (AvgIpc) is 2.80. The summed E-state index contributed by atoms with van der Waals surface area (Å²) < 4.78 is 5.23. The number of carbonyl (C=O) groups is 1. The molecule has 0 spiro atoms. The van der Waals surface area contributed by atoms with Gasteiger partial charge in [-0.15, -0.1) is 0 Å². The number of methoxy groups -OCH3 is 1. The van der Waals surface area contributed by atoms with Crippen LogP contribution in [0.1, 0.15) is 10.4 Å². The van der Waals surface area contributed by atoms with Crippen LogP contribution < -0.4 is 15.0 Å². The Morgan fingerprint density at radius 1 is 0.828 bits per heavy atom. The van der Waals surface area contributed by atoms with Gasteiger partial charge in [0.05, 0.1) is 18.4 Å². The van der Waals surface area contributed by atoms with Gasteiger partial charge in [0.1, 0.15) is 5.75 Å². The second kappa shape index (κ2) is 8.69. The molecule has 1 amide bonds. The van der Waals surface area contributed by atoms with Crippen molar-refractivity contribution in [2.24, 2.45) is 0 Å². The highest BCUT2D eigenvalue weighted by molar-refractivity contribution is 6.00. The summed E-state index contributed by atoms with van der Waals surface area (Å²) in [5.41, 5.74) is 3.66. The quantitative estimate of drug-likeness (QED) is 0.705. The van der Waals surface area contributed by atoms with Gasteiger partial charge in [0.2, 0.25) is 0 Å². The van der Waals surface area contributed by atoms with E-state index in [-0.39, 0.29) is 5.91 Å². The molecule has 0 aromatic heterocycles. The molecule has 0 unspecified atom stereocenters. The molecule has 1 fully saturated rings. The summed E-state index contributed by atoms with van der Waals surface area (Å²) in [4.78, 5) is 17.4. The van der Waals surface area contributed by atoms with Crippen molar-refractivity contribution in [3.05, 3.63) is 84.4 Å². The number of hydrogen-bond acceptors (Lipinski definition) is 4. The van der Waals surface area contributed by atoms with E-state index >= 15 is 0 Å². The molecule has 5 heteroatoms. The third-order valence-electron chi connectivity index (χ3n) is 5.21. The van der Waals surface area contributed by atoms with E-state index in [1.807, 2.05) is 71.6 Å². The van der Waals surface area contributed by atoms with Crippen LogP contribution in [0.3, 0.4) is 0 Å². The highest BCUT2D eigenvalue weighted by Gasteiger charge is 2.24. The number of ether oxygens (including phenoxy) is 1. The van der Waals surface area contributed by atoms with Gasteiger partial charge in [-0.05, 0) is 48.5 Å². The Bertz CT molecular complexity index is 949. The second-order valence-corrected chi connectivity index (χ2v) is 7.01. The molecular formula is C24H25N3O2. The van der Waals surface area contributed by atoms with Gasteiger partial charge in [-0.3, -0.25) is 4.79 Å². The van der Waals surface area contributed by atoms with Crippen molar-refractivity contribution in [2.75, 3.05) is 43.5 Å². The number of anilines is 3. The van der Waals surface area contributed by atoms with Crippen molar-refractivity contribution in [2.45, 2.75) is 0 Å². The first-order valence-electron chi connectivity index (χ1n) is 9.84. The number of nitrogens with one attached hydrogen (secondary N) is 1. The van der Waals surface area contributed by atoms with Crippen molar-refractivity contribution in [3.8, 4) is 5.75 Å². The van der Waals surface area contributed by atoms with E-state index in [2.05, 4.69) is 22.3 Å². The van der Waals surface area contributed by atoms with Crippen molar-refractivity contribution < 1.29 is 9.53 Å². The number of nitrogens with zero attached hydrogens (tertiary/aromatic N) is 2. The monoisotopic (exact) mass is 387 g/mol. The fourth-order valence-corrected chi connectivity index (χ4v) is 3.59. The zero-order valence-corrected chi connectivity index (χ0v) is 16.5. The number of amides is 1. The number of rotatable bonds is 5. The summed E-state index contributed by atoms with van der Waals surface area (Å²) >= 11 is 0. The van der Waals surface area contributed by atoms with E-state index in [4.69, 9.17) is 4.74 Å². The SMILES string of the molecule is COc1ccc(N2CCN(C(=O)c3ccccc3Nc3ccccc3)CC2)cc1. The highest BCUT2D eigenvalue weighted by Crippen LogP contribution is 2.24. The zero-order valence-electron chi connectivity index (χ0n) is 16.5. The summed E-state index contributed by atoms with van der Waals surface area (Å²) in [7, 11) is 1.67. The lowest BCUT2D eigenvalue weighted by molar-refractivity contribution is 0.0748. The Labute approximate surface area is 171 Å². The van der Waals surface area contributed by atoms with Crippen LogP contribution in [0.5, 0.6) is 5.75 Å². The standard InChI is InChI=1S/C24H25N3O2/c1-29-21-13-11-20(12-14-21)26-15-17-27(18-16-26)24(28)22-9-5-6-10-23(22)25-19-7-3-2-4-8-19/h2-14,25H,15-18H2,1H3. The zero-order chi connectivity index (χ0) is 20.1. The Morgan fingerprint density at radius 2 is 1.48 bits per heavy atom. The molecule has 1 aliphatic rings. The van der Waals surface area contributed by atoms with E-state index in [0.29, 0.717) is 18.7 Å². The molecule has 0 atom stereocenters. The van der Waals surface area contributed by atoms with Crippen LogP contribution in [0.2, 0.25) is 0 Å². The van der Waals surface area contributed by atoms with Crippen LogP contribution in [0.15, 0.2) is 78.9 Å². The maximum absolute atomic E-state index is 13.2. The Hall–Kier alpha value is -3.47. The minimum Gasteiger partial charge on any atom is -0.497 e. The lowest BCUT2D eigenvalue weighted by Gasteiger charge is -2.36. The Kier molecular flexibility index (Phi) is 5.66. The summed E-state index contributed by atoms with van der Waals surface area (Å²) in [5, 5.41) is 3.37. The van der Waals surface area contributed by atoms with E-state index in [1.54, 1.807) is 7.11 Å². The van der Waals surface area contributed by atoms with Crippen molar-refractivity contribution >= 4 is 23.0 Å². The molecule has 29 heavy (non-hydrogen) atoms. The van der Waals surface area contributed by atoms with Crippen LogP contribution in [-0.4, -0.2) is 44.1 Å². The molecule has 4 rings (SSSR count). The van der Waals surface area contributed by atoms with Crippen LogP contribution in [-0.2, 0) is 0 Å². The Morgan fingerprint density at radius 3 is 2.17 bits per heavy atom. The van der Waals surface area contributed by atoms with Gasteiger partial charge >= 0.3 is 0 Å². The molecule has 5 nitrogen and oxygen atoms in total. The first-order chi connectivity index (χ1) is 14.2. The molecule has 1 N–H and O–H groups in total. The molecule has 3 aromatic carbocycles. The van der Waals surface area contributed by atoms with E-state index in [1.165, 1.54) is 0 Å². The minimum absolute atomic E-state index is 0.0680. The van der Waals surface area contributed by atoms with E-state index in [0.717, 1.165) is 35.9 Å².